The molecule has 6 nitrogen and oxygen atoms in total. The molecule has 4 atom stereocenters. The second-order valence-electron chi connectivity index (χ2n) is 7.66. The van der Waals surface area contributed by atoms with Crippen LogP contribution in [-0.2, 0) is 9.53 Å². The van der Waals surface area contributed by atoms with Crippen molar-refractivity contribution in [2.75, 3.05) is 27.0 Å². The maximum atomic E-state index is 12.1. The molecule has 1 N–H and O–H groups in total. The van der Waals surface area contributed by atoms with Crippen LogP contribution in [0.1, 0.15) is 43.6 Å². The second kappa shape index (κ2) is 7.45. The van der Waals surface area contributed by atoms with Crippen molar-refractivity contribution in [1.82, 2.24) is 4.90 Å². The third-order valence-electron chi connectivity index (χ3n) is 6.07. The first-order chi connectivity index (χ1) is 12.6. The lowest BCUT2D eigenvalue weighted by Gasteiger charge is -2.27. The van der Waals surface area contributed by atoms with Crippen molar-refractivity contribution < 1.29 is 24.1 Å². The molecule has 26 heavy (non-hydrogen) atoms. The fraction of sp³-hybridized carbons (Fsp3) is 0.650. The van der Waals surface area contributed by atoms with Crippen LogP contribution >= 0.6 is 0 Å². The summed E-state index contributed by atoms with van der Waals surface area (Å²) < 4.78 is 16.7. The van der Waals surface area contributed by atoms with Gasteiger partial charge in [0.15, 0.2) is 11.5 Å². The Balaban J connectivity index is 1.49. The van der Waals surface area contributed by atoms with Crippen molar-refractivity contribution in [3.63, 3.8) is 0 Å². The van der Waals surface area contributed by atoms with Crippen molar-refractivity contribution in [2.24, 2.45) is 5.92 Å². The van der Waals surface area contributed by atoms with Gasteiger partial charge in [-0.1, -0.05) is 6.07 Å². The van der Waals surface area contributed by atoms with Gasteiger partial charge < -0.3 is 24.2 Å². The first kappa shape index (κ1) is 17.6. The molecule has 1 aromatic carbocycles. The van der Waals surface area contributed by atoms with Crippen LogP contribution in [0.4, 0.5) is 0 Å². The average Bonchev–Trinajstić information content (AvgIpc) is 3.24. The Morgan fingerprint density at radius 2 is 2.08 bits per heavy atom. The summed E-state index contributed by atoms with van der Waals surface area (Å²) in [6.45, 7) is 1.82. The number of carbonyl (C=O) groups is 1. The van der Waals surface area contributed by atoms with E-state index in [0.29, 0.717) is 5.75 Å². The van der Waals surface area contributed by atoms with E-state index >= 15 is 0 Å². The van der Waals surface area contributed by atoms with Crippen molar-refractivity contribution in [1.29, 1.82) is 0 Å². The third kappa shape index (κ3) is 3.40. The van der Waals surface area contributed by atoms with Gasteiger partial charge in [0, 0.05) is 25.1 Å². The van der Waals surface area contributed by atoms with E-state index in [2.05, 4.69) is 4.90 Å². The summed E-state index contributed by atoms with van der Waals surface area (Å²) in [6, 6.07) is 5.85. The zero-order valence-corrected chi connectivity index (χ0v) is 15.2. The number of hydrogen-bond acceptors (Lipinski definition) is 5. The Kier molecular flexibility index (Phi) is 5.05. The Bertz CT molecular complexity index is 658. The van der Waals surface area contributed by atoms with Crippen LogP contribution in [0.25, 0.3) is 0 Å². The summed E-state index contributed by atoms with van der Waals surface area (Å²) in [4.78, 5) is 14.3. The number of ether oxygens (including phenoxy) is 3. The van der Waals surface area contributed by atoms with Crippen molar-refractivity contribution in [2.45, 2.75) is 50.2 Å². The first-order valence-corrected chi connectivity index (χ1v) is 9.57. The van der Waals surface area contributed by atoms with Gasteiger partial charge in [0.25, 0.3) is 0 Å². The van der Waals surface area contributed by atoms with Gasteiger partial charge in [-0.3, -0.25) is 4.79 Å². The standard InChI is InChI=1S/C20H27NO5/c1-21-11-15(13-5-8-17-18(10-13)26-12-25-17)19(20(22)23)16(21)7-6-14-4-2-3-9-24-14/h5,8,10,14-16,19H,2-4,6-7,9,11-12H2,1H3,(H,22,23). The van der Waals surface area contributed by atoms with E-state index in [-0.39, 0.29) is 24.9 Å². The van der Waals surface area contributed by atoms with Gasteiger partial charge in [0.05, 0.1) is 12.0 Å². The molecule has 0 amide bonds. The zero-order valence-electron chi connectivity index (χ0n) is 15.2. The minimum absolute atomic E-state index is 0.0356. The van der Waals surface area contributed by atoms with E-state index in [4.69, 9.17) is 14.2 Å². The van der Waals surface area contributed by atoms with Gasteiger partial charge in [-0.05, 0) is 56.8 Å². The number of likely N-dealkylation sites (N-methyl/N-ethyl adjacent to an activating group) is 1. The maximum absolute atomic E-state index is 12.1. The Labute approximate surface area is 154 Å². The number of carboxylic acids is 1. The van der Waals surface area contributed by atoms with Crippen LogP contribution in [0.5, 0.6) is 11.5 Å². The number of nitrogens with zero attached hydrogens (tertiary/aromatic N) is 1. The smallest absolute Gasteiger partial charge is 0.308 e. The number of rotatable bonds is 5. The van der Waals surface area contributed by atoms with Crippen LogP contribution in [0, 0.1) is 5.92 Å². The Morgan fingerprint density at radius 3 is 2.85 bits per heavy atom. The number of benzene rings is 1. The largest absolute Gasteiger partial charge is 0.481 e. The highest BCUT2D eigenvalue weighted by Gasteiger charge is 2.45. The summed E-state index contributed by atoms with van der Waals surface area (Å²) in [5, 5.41) is 9.95. The number of hydrogen-bond donors (Lipinski definition) is 1. The Morgan fingerprint density at radius 1 is 1.23 bits per heavy atom. The van der Waals surface area contributed by atoms with E-state index in [1.165, 1.54) is 6.42 Å². The van der Waals surface area contributed by atoms with Gasteiger partial charge in [-0.2, -0.15) is 0 Å². The molecule has 6 heteroatoms. The molecule has 2 fully saturated rings. The summed E-state index contributed by atoms with van der Waals surface area (Å²) in [6.07, 6.45) is 5.54. The summed E-state index contributed by atoms with van der Waals surface area (Å²) in [5.74, 6) is 0.283. The monoisotopic (exact) mass is 361 g/mol. The van der Waals surface area contributed by atoms with E-state index in [1.54, 1.807) is 0 Å². The molecule has 4 unspecified atom stereocenters. The quantitative estimate of drug-likeness (QED) is 0.870. The van der Waals surface area contributed by atoms with E-state index in [9.17, 15) is 9.90 Å². The third-order valence-corrected chi connectivity index (χ3v) is 6.07. The van der Waals surface area contributed by atoms with Gasteiger partial charge in [0.2, 0.25) is 6.79 Å². The molecule has 0 bridgehead atoms. The van der Waals surface area contributed by atoms with Gasteiger partial charge in [-0.25, -0.2) is 0 Å². The molecule has 0 saturated carbocycles. The lowest BCUT2D eigenvalue weighted by molar-refractivity contribution is -0.143. The Hall–Kier alpha value is -1.79. The highest BCUT2D eigenvalue weighted by atomic mass is 16.7. The van der Waals surface area contributed by atoms with Crippen LogP contribution < -0.4 is 9.47 Å². The highest BCUT2D eigenvalue weighted by Crippen LogP contribution is 2.42. The van der Waals surface area contributed by atoms with Gasteiger partial charge in [-0.15, -0.1) is 0 Å². The van der Waals surface area contributed by atoms with E-state index in [1.807, 2.05) is 25.2 Å². The first-order valence-electron chi connectivity index (χ1n) is 9.57. The van der Waals surface area contributed by atoms with Crippen molar-refractivity contribution in [3.05, 3.63) is 23.8 Å². The fourth-order valence-electron chi connectivity index (χ4n) is 4.69. The molecule has 0 radical (unpaired) electrons. The van der Waals surface area contributed by atoms with Crippen molar-refractivity contribution >= 4 is 5.97 Å². The summed E-state index contributed by atoms with van der Waals surface area (Å²) in [5.41, 5.74) is 1.02. The number of likely N-dealkylation sites (tertiary alicyclic amines) is 1. The molecule has 2 saturated heterocycles. The molecule has 142 valence electrons. The van der Waals surface area contributed by atoms with Crippen molar-refractivity contribution in [3.8, 4) is 11.5 Å². The number of fused-ring (bicyclic) bond motifs is 1. The number of carboxylic acid groups (broad SMARTS) is 1. The van der Waals surface area contributed by atoms with Crippen LogP contribution in [0.2, 0.25) is 0 Å². The topological polar surface area (TPSA) is 68.2 Å². The maximum Gasteiger partial charge on any atom is 0.308 e. The van der Waals surface area contributed by atoms with Gasteiger partial charge in [0.1, 0.15) is 0 Å². The minimum atomic E-state index is -0.716. The zero-order chi connectivity index (χ0) is 18.1. The average molecular weight is 361 g/mol. The second-order valence-corrected chi connectivity index (χ2v) is 7.66. The lowest BCUT2D eigenvalue weighted by atomic mass is 9.83. The highest BCUT2D eigenvalue weighted by molar-refractivity contribution is 5.73. The molecular weight excluding hydrogens is 334 g/mol. The minimum Gasteiger partial charge on any atom is -0.481 e. The molecule has 1 aromatic rings. The molecule has 3 aliphatic rings. The molecule has 4 rings (SSSR count). The van der Waals surface area contributed by atoms with E-state index in [0.717, 1.165) is 50.1 Å². The molecule has 0 aliphatic carbocycles. The molecule has 0 aromatic heterocycles. The molecule has 3 heterocycles. The van der Waals surface area contributed by atoms with E-state index < -0.39 is 11.9 Å². The van der Waals surface area contributed by atoms with Crippen LogP contribution in [-0.4, -0.2) is 55.1 Å². The van der Waals surface area contributed by atoms with Crippen LogP contribution in [0.15, 0.2) is 18.2 Å². The lowest BCUT2D eigenvalue weighted by Crippen LogP contribution is -2.35. The van der Waals surface area contributed by atoms with Gasteiger partial charge >= 0.3 is 5.97 Å². The molecule has 3 aliphatic heterocycles. The molecular formula is C20H27NO5. The normalized spacial score (nSPS) is 31.3. The predicted molar refractivity (Wildman–Crippen MR) is 95.7 cm³/mol. The predicted octanol–water partition coefficient (Wildman–Crippen LogP) is 2.86. The summed E-state index contributed by atoms with van der Waals surface area (Å²) >= 11 is 0. The summed E-state index contributed by atoms with van der Waals surface area (Å²) in [7, 11) is 2.04. The fourth-order valence-corrected chi connectivity index (χ4v) is 4.69. The SMILES string of the molecule is CN1CC(c2ccc3c(c2)OCO3)C(C(=O)O)C1CCC1CCCCO1. The molecule has 0 spiro atoms. The number of aliphatic carboxylic acids is 1. The van der Waals surface area contributed by atoms with Crippen LogP contribution in [0.3, 0.4) is 0 Å².